The van der Waals surface area contributed by atoms with Gasteiger partial charge in [0.15, 0.2) is 0 Å². The Labute approximate surface area is 116 Å². The molecule has 1 saturated carbocycles. The van der Waals surface area contributed by atoms with Crippen LogP contribution in [-0.4, -0.2) is 33.7 Å². The topological polar surface area (TPSA) is 69.0 Å². The molecule has 0 saturated heterocycles. The monoisotopic (exact) mass is 272 g/mol. The van der Waals surface area contributed by atoms with E-state index in [9.17, 15) is 4.79 Å². The number of nitrogens with zero attached hydrogens (tertiary/aromatic N) is 3. The molecule has 0 atom stereocenters. The van der Waals surface area contributed by atoms with Crippen LogP contribution in [0.2, 0.25) is 0 Å². The van der Waals surface area contributed by atoms with Crippen molar-refractivity contribution in [2.24, 2.45) is 5.92 Å². The number of carbonyl (C=O) groups is 1. The molecule has 2 heterocycles. The SMILES string of the molecule is O=C(COCC1CC1)Nc1ccc(-n2ccnc2)nc1. The minimum absolute atomic E-state index is 0.0970. The van der Waals surface area contributed by atoms with E-state index >= 15 is 0 Å². The van der Waals surface area contributed by atoms with E-state index in [2.05, 4.69) is 15.3 Å². The molecule has 1 fully saturated rings. The number of amides is 1. The first kappa shape index (κ1) is 12.8. The van der Waals surface area contributed by atoms with Gasteiger partial charge in [-0.3, -0.25) is 9.36 Å². The third kappa shape index (κ3) is 3.42. The van der Waals surface area contributed by atoms with Gasteiger partial charge in [-0.2, -0.15) is 0 Å². The molecule has 1 N–H and O–H groups in total. The number of hydrogen-bond acceptors (Lipinski definition) is 4. The van der Waals surface area contributed by atoms with Crippen molar-refractivity contribution in [3.8, 4) is 5.82 Å². The predicted octanol–water partition coefficient (Wildman–Crippen LogP) is 1.63. The van der Waals surface area contributed by atoms with Gasteiger partial charge >= 0.3 is 0 Å². The summed E-state index contributed by atoms with van der Waals surface area (Å²) in [5.74, 6) is 1.27. The molecule has 6 nitrogen and oxygen atoms in total. The Morgan fingerprint density at radius 3 is 3.00 bits per heavy atom. The van der Waals surface area contributed by atoms with E-state index in [1.807, 2.05) is 12.3 Å². The molecule has 6 heteroatoms. The second kappa shape index (κ2) is 5.83. The largest absolute Gasteiger partial charge is 0.371 e. The Hall–Kier alpha value is -2.21. The summed E-state index contributed by atoms with van der Waals surface area (Å²) in [5, 5.41) is 2.76. The fourth-order valence-corrected chi connectivity index (χ4v) is 1.81. The van der Waals surface area contributed by atoms with Gasteiger partial charge in [0.05, 0.1) is 18.5 Å². The van der Waals surface area contributed by atoms with Gasteiger partial charge in [-0.25, -0.2) is 9.97 Å². The summed E-state index contributed by atoms with van der Waals surface area (Å²) in [6.45, 7) is 0.783. The van der Waals surface area contributed by atoms with Crippen LogP contribution < -0.4 is 5.32 Å². The summed E-state index contributed by atoms with van der Waals surface area (Å²) < 4.78 is 7.13. The summed E-state index contributed by atoms with van der Waals surface area (Å²) in [6, 6.07) is 3.63. The zero-order valence-electron chi connectivity index (χ0n) is 11.0. The Morgan fingerprint density at radius 1 is 1.45 bits per heavy atom. The number of ether oxygens (including phenoxy) is 1. The van der Waals surface area contributed by atoms with Crippen molar-refractivity contribution in [3.63, 3.8) is 0 Å². The lowest BCUT2D eigenvalue weighted by molar-refractivity contribution is -0.120. The molecule has 0 aromatic carbocycles. The molecule has 0 unspecified atom stereocenters. The molecule has 0 aliphatic heterocycles. The van der Waals surface area contributed by atoms with Crippen LogP contribution in [0.3, 0.4) is 0 Å². The maximum atomic E-state index is 11.6. The summed E-state index contributed by atoms with van der Waals surface area (Å²) in [5.41, 5.74) is 0.661. The van der Waals surface area contributed by atoms with Crippen LogP contribution in [0, 0.1) is 5.92 Å². The number of carbonyl (C=O) groups excluding carboxylic acids is 1. The first-order valence-corrected chi connectivity index (χ1v) is 6.63. The van der Waals surface area contributed by atoms with E-state index in [-0.39, 0.29) is 12.5 Å². The number of anilines is 1. The van der Waals surface area contributed by atoms with Crippen molar-refractivity contribution in [3.05, 3.63) is 37.1 Å². The number of rotatable bonds is 6. The van der Waals surface area contributed by atoms with E-state index in [0.29, 0.717) is 18.2 Å². The van der Waals surface area contributed by atoms with Crippen molar-refractivity contribution >= 4 is 11.6 Å². The smallest absolute Gasteiger partial charge is 0.250 e. The van der Waals surface area contributed by atoms with Gasteiger partial charge < -0.3 is 10.1 Å². The molecule has 0 bridgehead atoms. The molecule has 0 spiro atoms. The molecule has 1 aliphatic rings. The van der Waals surface area contributed by atoms with Gasteiger partial charge in [-0.05, 0) is 30.9 Å². The first-order chi connectivity index (χ1) is 9.81. The zero-order chi connectivity index (χ0) is 13.8. The van der Waals surface area contributed by atoms with E-state index < -0.39 is 0 Å². The molecule has 1 amide bonds. The number of nitrogens with one attached hydrogen (secondary N) is 1. The Kier molecular flexibility index (Phi) is 3.73. The summed E-state index contributed by atoms with van der Waals surface area (Å²) in [4.78, 5) is 19.9. The van der Waals surface area contributed by atoms with E-state index in [1.165, 1.54) is 12.8 Å². The van der Waals surface area contributed by atoms with Crippen LogP contribution in [0.15, 0.2) is 37.1 Å². The number of pyridine rings is 1. The molecular formula is C14H16N4O2. The lowest BCUT2D eigenvalue weighted by atomic mass is 10.4. The second-order valence-corrected chi connectivity index (χ2v) is 4.88. The number of imidazole rings is 1. The van der Waals surface area contributed by atoms with E-state index in [0.717, 1.165) is 5.82 Å². The van der Waals surface area contributed by atoms with Crippen LogP contribution in [0.5, 0.6) is 0 Å². The highest BCUT2D eigenvalue weighted by atomic mass is 16.5. The lowest BCUT2D eigenvalue weighted by Crippen LogP contribution is -2.19. The fraction of sp³-hybridized carbons (Fsp3) is 0.357. The first-order valence-electron chi connectivity index (χ1n) is 6.63. The van der Waals surface area contributed by atoms with E-state index in [4.69, 9.17) is 4.74 Å². The zero-order valence-corrected chi connectivity index (χ0v) is 11.0. The molecule has 1 aliphatic carbocycles. The minimum atomic E-state index is -0.150. The van der Waals surface area contributed by atoms with Gasteiger partial charge in [-0.1, -0.05) is 0 Å². The van der Waals surface area contributed by atoms with Crippen molar-refractivity contribution in [2.75, 3.05) is 18.5 Å². The Bertz CT molecular complexity index is 561. The summed E-state index contributed by atoms with van der Waals surface area (Å²) >= 11 is 0. The van der Waals surface area contributed by atoms with Crippen molar-refractivity contribution < 1.29 is 9.53 Å². The average Bonchev–Trinajstić information content (AvgIpc) is 3.11. The van der Waals surface area contributed by atoms with E-state index in [1.54, 1.807) is 29.4 Å². The van der Waals surface area contributed by atoms with Gasteiger partial charge in [0.1, 0.15) is 18.8 Å². The molecule has 0 radical (unpaired) electrons. The maximum absolute atomic E-state index is 11.6. The third-order valence-corrected chi connectivity index (χ3v) is 3.08. The number of aromatic nitrogens is 3. The normalized spacial score (nSPS) is 14.2. The quantitative estimate of drug-likeness (QED) is 0.867. The van der Waals surface area contributed by atoms with Crippen LogP contribution in [0.1, 0.15) is 12.8 Å². The summed E-state index contributed by atoms with van der Waals surface area (Å²) in [6.07, 6.45) is 9.24. The van der Waals surface area contributed by atoms with Crippen LogP contribution in [0.25, 0.3) is 5.82 Å². The molecule has 20 heavy (non-hydrogen) atoms. The van der Waals surface area contributed by atoms with Gasteiger partial charge in [-0.15, -0.1) is 0 Å². The molecule has 2 aromatic rings. The third-order valence-electron chi connectivity index (χ3n) is 3.08. The van der Waals surface area contributed by atoms with Crippen LogP contribution in [-0.2, 0) is 9.53 Å². The maximum Gasteiger partial charge on any atom is 0.250 e. The molecule has 104 valence electrons. The molecular weight excluding hydrogens is 256 g/mol. The molecule has 3 rings (SSSR count). The van der Waals surface area contributed by atoms with Crippen molar-refractivity contribution in [1.82, 2.24) is 14.5 Å². The summed E-state index contributed by atoms with van der Waals surface area (Å²) in [7, 11) is 0. The lowest BCUT2D eigenvalue weighted by Gasteiger charge is -2.06. The standard InChI is InChI=1S/C14H16N4O2/c19-14(9-20-8-11-1-2-11)17-12-3-4-13(16-7-12)18-6-5-15-10-18/h3-7,10-11H,1-2,8-9H2,(H,17,19). The minimum Gasteiger partial charge on any atom is -0.371 e. The second-order valence-electron chi connectivity index (χ2n) is 4.88. The highest BCUT2D eigenvalue weighted by molar-refractivity contribution is 5.91. The van der Waals surface area contributed by atoms with Crippen LogP contribution >= 0.6 is 0 Å². The van der Waals surface area contributed by atoms with Crippen molar-refractivity contribution in [1.29, 1.82) is 0 Å². The highest BCUT2D eigenvalue weighted by Gasteiger charge is 2.21. The van der Waals surface area contributed by atoms with Gasteiger partial charge in [0, 0.05) is 12.4 Å². The average molecular weight is 272 g/mol. The molecule has 2 aromatic heterocycles. The Morgan fingerprint density at radius 2 is 2.35 bits per heavy atom. The van der Waals surface area contributed by atoms with Crippen molar-refractivity contribution in [2.45, 2.75) is 12.8 Å². The van der Waals surface area contributed by atoms with Gasteiger partial charge in [0.25, 0.3) is 0 Å². The van der Waals surface area contributed by atoms with Gasteiger partial charge in [0.2, 0.25) is 5.91 Å². The van der Waals surface area contributed by atoms with Crippen LogP contribution in [0.4, 0.5) is 5.69 Å². The highest BCUT2D eigenvalue weighted by Crippen LogP contribution is 2.28. The predicted molar refractivity (Wildman–Crippen MR) is 73.5 cm³/mol. The Balaban J connectivity index is 1.50. The number of hydrogen-bond donors (Lipinski definition) is 1. The fourth-order valence-electron chi connectivity index (χ4n) is 1.81.